The van der Waals surface area contributed by atoms with Crippen LogP contribution >= 0.6 is 0 Å². The van der Waals surface area contributed by atoms with Gasteiger partial charge in [0.25, 0.3) is 0 Å². The molecule has 0 spiro atoms. The molecule has 0 aromatic heterocycles. The van der Waals surface area contributed by atoms with Crippen LogP contribution in [0.25, 0.3) is 0 Å². The van der Waals surface area contributed by atoms with Crippen LogP contribution in [0, 0.1) is 0 Å². The maximum atomic E-state index is 5.56. The van der Waals surface area contributed by atoms with Crippen LogP contribution in [-0.2, 0) is 19.7 Å². The second-order valence-electron chi connectivity index (χ2n) is 4.24. The largest absolute Gasteiger partial charge is 0.270 e. The van der Waals surface area contributed by atoms with Gasteiger partial charge < -0.3 is 0 Å². The van der Waals surface area contributed by atoms with E-state index in [2.05, 4.69) is 5.48 Å². The third-order valence-electron chi connectivity index (χ3n) is 1.49. The lowest BCUT2D eigenvalue weighted by Crippen LogP contribution is -2.56. The van der Waals surface area contributed by atoms with Crippen LogP contribution in [0.2, 0.25) is 0 Å². The molecule has 8 nitrogen and oxygen atoms in total. The average molecular weight is 254 g/mol. The molecule has 0 rings (SSSR count). The molecule has 1 N–H and O–H groups in total. The highest BCUT2D eigenvalue weighted by Gasteiger charge is 2.36. The molecule has 0 radical (unpaired) electrons. The monoisotopic (exact) mass is 254 g/mol. The van der Waals surface area contributed by atoms with Gasteiger partial charge in [-0.05, 0) is 16.6 Å². The first-order chi connectivity index (χ1) is 7.72. The molecule has 0 unspecified atom stereocenters. The van der Waals surface area contributed by atoms with Crippen molar-refractivity contribution in [3.05, 3.63) is 0 Å². The van der Waals surface area contributed by atoms with E-state index in [1.165, 1.54) is 5.23 Å². The van der Waals surface area contributed by atoms with Crippen molar-refractivity contribution in [2.24, 2.45) is 0 Å². The molecule has 0 amide bonds. The number of hydrogen-bond donors (Lipinski definition) is 1. The Morgan fingerprint density at radius 3 is 2.18 bits per heavy atom. The van der Waals surface area contributed by atoms with Crippen LogP contribution in [0.3, 0.4) is 0 Å². The van der Waals surface area contributed by atoms with Crippen molar-refractivity contribution in [3.63, 3.8) is 0 Å². The van der Waals surface area contributed by atoms with Gasteiger partial charge in [0, 0.05) is 23.7 Å². The SMILES string of the molecule is CCCON(C)O[N+](C)(C)O[N+](C)(C)ONC. The molecule has 0 heterocycles. The lowest BCUT2D eigenvalue weighted by molar-refractivity contribution is -1.45. The van der Waals surface area contributed by atoms with Gasteiger partial charge in [-0.3, -0.25) is 4.84 Å². The summed E-state index contributed by atoms with van der Waals surface area (Å²) >= 11 is 0. The number of nitrogens with zero attached hydrogens (tertiary/aromatic N) is 3. The van der Waals surface area contributed by atoms with Crippen LogP contribution in [-0.4, -0.2) is 63.7 Å². The summed E-state index contributed by atoms with van der Waals surface area (Å²) in [7, 11) is 10.2. The van der Waals surface area contributed by atoms with Crippen molar-refractivity contribution in [3.8, 4) is 0 Å². The number of rotatable bonds is 9. The second kappa shape index (κ2) is 7.19. The van der Waals surface area contributed by atoms with E-state index >= 15 is 0 Å². The Hall–Kier alpha value is -0.320. The predicted molar refractivity (Wildman–Crippen MR) is 60.5 cm³/mol. The minimum absolute atomic E-state index is 0.175. The first kappa shape index (κ1) is 16.7. The molecule has 0 saturated heterocycles. The number of hydrogen-bond acceptors (Lipinski definition) is 6. The zero-order valence-electron chi connectivity index (χ0n) is 11.9. The van der Waals surface area contributed by atoms with Gasteiger partial charge in [-0.15, -0.1) is 5.48 Å². The molecule has 17 heavy (non-hydrogen) atoms. The van der Waals surface area contributed by atoms with E-state index in [4.69, 9.17) is 19.7 Å². The lowest BCUT2D eigenvalue weighted by Gasteiger charge is -2.30. The summed E-state index contributed by atoms with van der Waals surface area (Å²) in [6.07, 6.45) is 0.909. The summed E-state index contributed by atoms with van der Waals surface area (Å²) in [4.78, 5) is 21.0. The van der Waals surface area contributed by atoms with Gasteiger partial charge in [0.05, 0.1) is 11.5 Å². The molecule has 0 aromatic rings. The van der Waals surface area contributed by atoms with Crippen molar-refractivity contribution in [2.45, 2.75) is 13.3 Å². The third kappa shape index (κ3) is 8.41. The lowest BCUT2D eigenvalue weighted by atomic mass is 10.5. The van der Waals surface area contributed by atoms with Gasteiger partial charge in [0.15, 0.2) is 0 Å². The van der Waals surface area contributed by atoms with E-state index in [1.54, 1.807) is 42.3 Å². The number of quaternary nitrogens is 2. The Morgan fingerprint density at radius 2 is 1.71 bits per heavy atom. The maximum Gasteiger partial charge on any atom is 0.140 e. The summed E-state index contributed by atoms with van der Waals surface area (Å²) in [6.45, 7) is 2.60. The zero-order valence-corrected chi connectivity index (χ0v) is 11.9. The Labute approximate surface area is 103 Å². The molecule has 104 valence electrons. The van der Waals surface area contributed by atoms with Gasteiger partial charge in [-0.2, -0.15) is 0 Å². The van der Waals surface area contributed by atoms with E-state index in [-0.39, 0.29) is 9.62 Å². The summed E-state index contributed by atoms with van der Waals surface area (Å²) in [6, 6.07) is 0. The van der Waals surface area contributed by atoms with E-state index in [9.17, 15) is 0 Å². The highest BCUT2D eigenvalue weighted by Crippen LogP contribution is 2.11. The molecule has 0 atom stereocenters. The van der Waals surface area contributed by atoms with Crippen molar-refractivity contribution < 1.29 is 29.3 Å². The van der Waals surface area contributed by atoms with E-state index in [1.807, 2.05) is 6.92 Å². The molecule has 0 saturated carbocycles. The molecular formula is C9H26N4O4+2. The van der Waals surface area contributed by atoms with Crippen molar-refractivity contribution in [2.75, 3.05) is 48.9 Å². The normalized spacial score (nSPS) is 13.4. The standard InChI is InChI=1S/C9H26N4O4/c1-8-9-14-11(3)16-13(6,7)17-12(4,5)15-10-2/h10H,8-9H2,1-7H3/q+2. The molecule has 0 aromatic carbocycles. The van der Waals surface area contributed by atoms with E-state index in [0.717, 1.165) is 6.42 Å². The molecule has 0 aliphatic heterocycles. The maximum absolute atomic E-state index is 5.56. The van der Waals surface area contributed by atoms with Crippen LogP contribution in [0.1, 0.15) is 13.3 Å². The van der Waals surface area contributed by atoms with Crippen LogP contribution in [0.15, 0.2) is 0 Å². The quantitative estimate of drug-likeness (QED) is 0.468. The van der Waals surface area contributed by atoms with Gasteiger partial charge >= 0.3 is 0 Å². The summed E-state index contributed by atoms with van der Waals surface area (Å²) in [5.41, 5.74) is 2.55. The number of nitrogens with one attached hydrogen (secondary N) is 1. The smallest absolute Gasteiger partial charge is 0.140 e. The summed E-state index contributed by atoms with van der Waals surface area (Å²) < 4.78 is 0. The van der Waals surface area contributed by atoms with Gasteiger partial charge in [-0.25, -0.2) is 0 Å². The zero-order chi connectivity index (χ0) is 13.5. The molecule has 0 fully saturated rings. The van der Waals surface area contributed by atoms with Gasteiger partial charge in [-0.1, -0.05) is 11.9 Å². The Kier molecular flexibility index (Phi) is 7.05. The van der Waals surface area contributed by atoms with Gasteiger partial charge in [0.2, 0.25) is 0 Å². The third-order valence-corrected chi connectivity index (χ3v) is 1.49. The van der Waals surface area contributed by atoms with Crippen molar-refractivity contribution in [1.82, 2.24) is 10.7 Å². The first-order valence-corrected chi connectivity index (χ1v) is 5.53. The van der Waals surface area contributed by atoms with Crippen LogP contribution < -0.4 is 5.48 Å². The Bertz CT molecular complexity index is 213. The molecule has 0 aliphatic carbocycles. The highest BCUT2D eigenvalue weighted by molar-refractivity contribution is 4.16. The fourth-order valence-electron chi connectivity index (χ4n) is 1.25. The molecular weight excluding hydrogens is 228 g/mol. The summed E-state index contributed by atoms with van der Waals surface area (Å²) in [5.74, 6) is 0. The fraction of sp³-hybridized carbons (Fsp3) is 1.00. The van der Waals surface area contributed by atoms with Crippen molar-refractivity contribution >= 4 is 0 Å². The minimum atomic E-state index is -0.213. The topological polar surface area (TPSA) is 52.2 Å². The van der Waals surface area contributed by atoms with Crippen LogP contribution in [0.5, 0.6) is 0 Å². The van der Waals surface area contributed by atoms with E-state index < -0.39 is 0 Å². The second-order valence-corrected chi connectivity index (χ2v) is 4.24. The van der Waals surface area contributed by atoms with Crippen molar-refractivity contribution in [1.29, 1.82) is 0 Å². The predicted octanol–water partition coefficient (Wildman–Crippen LogP) is 0.172. The van der Waals surface area contributed by atoms with Crippen LogP contribution in [0.4, 0.5) is 0 Å². The Balaban J connectivity index is 4.18. The van der Waals surface area contributed by atoms with Gasteiger partial charge in [0.1, 0.15) is 28.2 Å². The molecule has 0 bridgehead atoms. The number of hydroxylamine groups is 11. The summed E-state index contributed by atoms with van der Waals surface area (Å²) in [5, 5.41) is 1.27. The van der Waals surface area contributed by atoms with E-state index in [0.29, 0.717) is 6.61 Å². The molecule has 0 aliphatic rings. The molecule has 8 heteroatoms. The first-order valence-electron chi connectivity index (χ1n) is 5.53. The Morgan fingerprint density at radius 1 is 1.12 bits per heavy atom. The highest BCUT2D eigenvalue weighted by atomic mass is 17.2. The minimum Gasteiger partial charge on any atom is -0.270 e. The fourth-order valence-corrected chi connectivity index (χ4v) is 1.25. The average Bonchev–Trinajstić information content (AvgIpc) is 2.11.